The van der Waals surface area contributed by atoms with Gasteiger partial charge in [-0.3, -0.25) is 0 Å². The Morgan fingerprint density at radius 1 is 0.778 bits per heavy atom. The fourth-order valence-electron chi connectivity index (χ4n) is 1.26. The van der Waals surface area contributed by atoms with Crippen molar-refractivity contribution in [2.24, 2.45) is 10.2 Å². The highest BCUT2D eigenvalue weighted by Crippen LogP contribution is 2.34. The Morgan fingerprint density at radius 3 is 1.83 bits per heavy atom. The normalized spacial score (nSPS) is 11.1. The lowest BCUT2D eigenvalue weighted by Crippen LogP contribution is -1.80. The highest BCUT2D eigenvalue weighted by molar-refractivity contribution is 6.48. The Bertz CT molecular complexity index is 571. The van der Waals surface area contributed by atoms with Crippen LogP contribution in [0.25, 0.3) is 0 Å². The second-order valence-electron chi connectivity index (χ2n) is 3.51. The number of nitrogens with zero attached hydrogens (tertiary/aromatic N) is 2. The smallest absolute Gasteiger partial charge is 0.0887 e. The number of anilines is 1. The third-order valence-electron chi connectivity index (χ3n) is 2.14. The standard InChI is InChI=1S/C12H8Cl3N3/c13-10-5-9(6-11(14)12(10)15)18-17-8-3-1-7(16)2-4-8/h1-6H,16H2. The van der Waals surface area contributed by atoms with Crippen molar-refractivity contribution in [3.05, 3.63) is 51.5 Å². The maximum absolute atomic E-state index is 5.89. The number of rotatable bonds is 2. The molecule has 0 saturated heterocycles. The van der Waals surface area contributed by atoms with Gasteiger partial charge in [-0.2, -0.15) is 10.2 Å². The van der Waals surface area contributed by atoms with E-state index < -0.39 is 0 Å². The lowest BCUT2D eigenvalue weighted by molar-refractivity contribution is 1.23. The zero-order valence-electron chi connectivity index (χ0n) is 9.07. The molecule has 2 aromatic carbocycles. The van der Waals surface area contributed by atoms with Crippen LogP contribution in [0.2, 0.25) is 15.1 Å². The number of halogens is 3. The van der Waals surface area contributed by atoms with Crippen molar-refractivity contribution >= 4 is 51.9 Å². The van der Waals surface area contributed by atoms with E-state index in [1.807, 2.05) is 0 Å². The molecule has 2 rings (SSSR count). The number of benzene rings is 2. The Hall–Kier alpha value is -1.29. The van der Waals surface area contributed by atoms with Crippen LogP contribution in [-0.2, 0) is 0 Å². The van der Waals surface area contributed by atoms with Crippen LogP contribution in [0.5, 0.6) is 0 Å². The third kappa shape index (κ3) is 3.13. The maximum atomic E-state index is 5.89. The average Bonchev–Trinajstić information content (AvgIpc) is 2.35. The van der Waals surface area contributed by atoms with Crippen LogP contribution in [0, 0.1) is 0 Å². The van der Waals surface area contributed by atoms with Crippen molar-refractivity contribution < 1.29 is 0 Å². The second-order valence-corrected chi connectivity index (χ2v) is 4.71. The lowest BCUT2D eigenvalue weighted by Gasteiger charge is -2.00. The molecule has 0 aliphatic heterocycles. The van der Waals surface area contributed by atoms with Gasteiger partial charge in [0.05, 0.1) is 26.4 Å². The van der Waals surface area contributed by atoms with Crippen LogP contribution >= 0.6 is 34.8 Å². The summed E-state index contributed by atoms with van der Waals surface area (Å²) in [5.74, 6) is 0. The van der Waals surface area contributed by atoms with Crippen LogP contribution in [0.3, 0.4) is 0 Å². The fourth-order valence-corrected chi connectivity index (χ4v) is 1.84. The number of nitrogens with two attached hydrogens (primary N) is 1. The van der Waals surface area contributed by atoms with Gasteiger partial charge in [-0.05, 0) is 36.4 Å². The van der Waals surface area contributed by atoms with E-state index in [0.717, 1.165) is 0 Å². The van der Waals surface area contributed by atoms with E-state index in [9.17, 15) is 0 Å². The van der Waals surface area contributed by atoms with Crippen molar-refractivity contribution in [3.8, 4) is 0 Å². The molecule has 92 valence electrons. The molecule has 6 heteroatoms. The summed E-state index contributed by atoms with van der Waals surface area (Å²) in [6.45, 7) is 0. The molecule has 0 unspecified atom stereocenters. The van der Waals surface area contributed by atoms with E-state index >= 15 is 0 Å². The van der Waals surface area contributed by atoms with Gasteiger partial charge < -0.3 is 5.73 Å². The van der Waals surface area contributed by atoms with E-state index in [1.165, 1.54) is 0 Å². The zero-order chi connectivity index (χ0) is 13.1. The predicted octanol–water partition coefficient (Wildman–Crippen LogP) is 5.64. The summed E-state index contributed by atoms with van der Waals surface area (Å²) in [5, 5.41) is 9.06. The molecule has 0 fully saturated rings. The van der Waals surface area contributed by atoms with E-state index in [-0.39, 0.29) is 0 Å². The van der Waals surface area contributed by atoms with Gasteiger partial charge in [0.15, 0.2) is 0 Å². The van der Waals surface area contributed by atoms with Gasteiger partial charge in [-0.15, -0.1) is 0 Å². The quantitative estimate of drug-likeness (QED) is 0.435. The Morgan fingerprint density at radius 2 is 1.28 bits per heavy atom. The minimum absolute atomic E-state index is 0.310. The van der Waals surface area contributed by atoms with Gasteiger partial charge in [0, 0.05) is 5.69 Å². The molecule has 0 heterocycles. The molecule has 0 amide bonds. The maximum Gasteiger partial charge on any atom is 0.0887 e. The first kappa shape index (κ1) is 13.1. The van der Waals surface area contributed by atoms with Crippen LogP contribution in [0.15, 0.2) is 46.6 Å². The third-order valence-corrected chi connectivity index (χ3v) is 3.34. The van der Waals surface area contributed by atoms with E-state index in [1.54, 1.807) is 36.4 Å². The Kier molecular flexibility index (Phi) is 4.07. The van der Waals surface area contributed by atoms with Crippen molar-refractivity contribution in [3.63, 3.8) is 0 Å². The van der Waals surface area contributed by atoms with Crippen LogP contribution in [0.1, 0.15) is 0 Å². The number of azo groups is 1. The van der Waals surface area contributed by atoms with E-state index in [2.05, 4.69) is 10.2 Å². The van der Waals surface area contributed by atoms with Gasteiger partial charge in [-0.1, -0.05) is 34.8 Å². The summed E-state index contributed by atoms with van der Waals surface area (Å²) in [6.07, 6.45) is 0. The molecule has 0 aliphatic rings. The molecule has 2 aromatic rings. The Balaban J connectivity index is 2.26. The lowest BCUT2D eigenvalue weighted by atomic mass is 10.3. The average molecular weight is 301 g/mol. The van der Waals surface area contributed by atoms with Gasteiger partial charge >= 0.3 is 0 Å². The molecule has 3 nitrogen and oxygen atoms in total. The second kappa shape index (κ2) is 5.57. The molecule has 0 aliphatic carbocycles. The first-order chi connectivity index (χ1) is 8.56. The molecule has 0 atom stereocenters. The molecular weight excluding hydrogens is 293 g/mol. The number of hydrogen-bond donors (Lipinski definition) is 1. The van der Waals surface area contributed by atoms with Crippen molar-refractivity contribution in [1.82, 2.24) is 0 Å². The molecule has 0 aromatic heterocycles. The van der Waals surface area contributed by atoms with Gasteiger partial charge in [0.25, 0.3) is 0 Å². The number of nitrogen functional groups attached to an aromatic ring is 1. The summed E-state index contributed by atoms with van der Waals surface area (Å²) in [7, 11) is 0. The first-order valence-electron chi connectivity index (χ1n) is 4.98. The summed E-state index contributed by atoms with van der Waals surface area (Å²) >= 11 is 17.6. The largest absolute Gasteiger partial charge is 0.399 e. The SMILES string of the molecule is Nc1ccc(N=Nc2cc(Cl)c(Cl)c(Cl)c2)cc1. The van der Waals surface area contributed by atoms with Gasteiger partial charge in [-0.25, -0.2) is 0 Å². The summed E-state index contributed by atoms with van der Waals surface area (Å²) < 4.78 is 0. The van der Waals surface area contributed by atoms with Crippen molar-refractivity contribution in [1.29, 1.82) is 0 Å². The minimum atomic E-state index is 0.310. The monoisotopic (exact) mass is 299 g/mol. The van der Waals surface area contributed by atoms with Crippen molar-refractivity contribution in [2.75, 3.05) is 5.73 Å². The summed E-state index contributed by atoms with van der Waals surface area (Å²) in [6, 6.07) is 10.2. The minimum Gasteiger partial charge on any atom is -0.399 e. The van der Waals surface area contributed by atoms with Gasteiger partial charge in [0.2, 0.25) is 0 Å². The Labute approximate surface area is 119 Å². The van der Waals surface area contributed by atoms with Crippen LogP contribution < -0.4 is 5.73 Å². The van der Waals surface area contributed by atoms with E-state index in [4.69, 9.17) is 40.5 Å². The summed E-state index contributed by atoms with van der Waals surface area (Å²) in [4.78, 5) is 0. The topological polar surface area (TPSA) is 50.7 Å². The first-order valence-corrected chi connectivity index (χ1v) is 6.11. The predicted molar refractivity (Wildman–Crippen MR) is 76.5 cm³/mol. The van der Waals surface area contributed by atoms with Crippen LogP contribution in [0.4, 0.5) is 17.1 Å². The molecule has 18 heavy (non-hydrogen) atoms. The van der Waals surface area contributed by atoms with E-state index in [0.29, 0.717) is 32.1 Å². The number of hydrogen-bond acceptors (Lipinski definition) is 3. The summed E-state index contributed by atoms with van der Waals surface area (Å²) in [5.41, 5.74) is 7.46. The van der Waals surface area contributed by atoms with Crippen LogP contribution in [-0.4, -0.2) is 0 Å². The fraction of sp³-hybridized carbons (Fsp3) is 0. The molecule has 0 spiro atoms. The van der Waals surface area contributed by atoms with Gasteiger partial charge in [0.1, 0.15) is 0 Å². The molecule has 0 radical (unpaired) electrons. The highest BCUT2D eigenvalue weighted by Gasteiger charge is 2.05. The molecule has 2 N–H and O–H groups in total. The molecular formula is C12H8Cl3N3. The highest BCUT2D eigenvalue weighted by atomic mass is 35.5. The molecule has 0 saturated carbocycles. The van der Waals surface area contributed by atoms with Crippen molar-refractivity contribution in [2.45, 2.75) is 0 Å². The zero-order valence-corrected chi connectivity index (χ0v) is 11.3. The molecule has 0 bridgehead atoms.